The fourth-order valence-corrected chi connectivity index (χ4v) is 1.95. The molecule has 7 nitrogen and oxygen atoms in total. The Bertz CT molecular complexity index is 596. The smallest absolute Gasteiger partial charge is 0.322 e. The highest BCUT2D eigenvalue weighted by Gasteiger charge is 2.09. The summed E-state index contributed by atoms with van der Waals surface area (Å²) < 4.78 is 25.1. The number of aliphatic carboxylic acids is 1. The fourth-order valence-electron chi connectivity index (χ4n) is 1.18. The van der Waals surface area contributed by atoms with Gasteiger partial charge in [0, 0.05) is 5.41 Å². The standard InChI is InChI=1S/C12H14N2O5S/c15-11(13-9-12(16)17)8-14-20(18,19)7-6-10-4-2-1-3-5-10/h1-7,14H,8-9H2,(H,13,15)(H,16,17)/b7-6-. The minimum Gasteiger partial charge on any atom is -0.480 e. The van der Waals surface area contributed by atoms with E-state index in [0.29, 0.717) is 5.56 Å². The molecule has 0 aliphatic carbocycles. The Balaban J connectivity index is 2.48. The van der Waals surface area contributed by atoms with Crippen molar-refractivity contribution in [2.45, 2.75) is 0 Å². The van der Waals surface area contributed by atoms with Crippen LogP contribution >= 0.6 is 0 Å². The van der Waals surface area contributed by atoms with Gasteiger partial charge in [0.05, 0.1) is 6.54 Å². The number of sulfonamides is 1. The van der Waals surface area contributed by atoms with Gasteiger partial charge in [0.15, 0.2) is 0 Å². The van der Waals surface area contributed by atoms with Crippen molar-refractivity contribution >= 4 is 28.0 Å². The molecular formula is C12H14N2O5S. The van der Waals surface area contributed by atoms with E-state index in [0.717, 1.165) is 5.41 Å². The molecule has 0 saturated carbocycles. The normalized spacial score (nSPS) is 11.4. The highest BCUT2D eigenvalue weighted by Crippen LogP contribution is 2.02. The molecule has 20 heavy (non-hydrogen) atoms. The molecule has 1 amide bonds. The number of carboxylic acids is 1. The van der Waals surface area contributed by atoms with Gasteiger partial charge >= 0.3 is 5.97 Å². The highest BCUT2D eigenvalue weighted by atomic mass is 32.2. The summed E-state index contributed by atoms with van der Waals surface area (Å²) in [5.74, 6) is -1.92. The second-order valence-electron chi connectivity index (χ2n) is 3.75. The van der Waals surface area contributed by atoms with E-state index in [2.05, 4.69) is 0 Å². The molecule has 0 radical (unpaired) electrons. The molecule has 0 heterocycles. The van der Waals surface area contributed by atoms with Crippen molar-refractivity contribution in [1.82, 2.24) is 10.0 Å². The molecule has 108 valence electrons. The molecule has 0 saturated heterocycles. The molecule has 1 aromatic carbocycles. The molecule has 0 atom stereocenters. The number of nitrogens with one attached hydrogen (secondary N) is 2. The molecule has 3 N–H and O–H groups in total. The van der Waals surface area contributed by atoms with E-state index in [4.69, 9.17) is 5.11 Å². The third kappa shape index (κ3) is 6.66. The van der Waals surface area contributed by atoms with Crippen molar-refractivity contribution in [3.8, 4) is 0 Å². The van der Waals surface area contributed by atoms with Crippen molar-refractivity contribution in [2.24, 2.45) is 0 Å². The quantitative estimate of drug-likeness (QED) is 0.644. The lowest BCUT2D eigenvalue weighted by molar-refractivity contribution is -0.137. The topological polar surface area (TPSA) is 113 Å². The van der Waals surface area contributed by atoms with Crippen molar-refractivity contribution in [2.75, 3.05) is 13.1 Å². The largest absolute Gasteiger partial charge is 0.480 e. The van der Waals surface area contributed by atoms with Gasteiger partial charge < -0.3 is 10.4 Å². The van der Waals surface area contributed by atoms with Crippen LogP contribution in [0, 0.1) is 0 Å². The number of hydrogen-bond acceptors (Lipinski definition) is 4. The van der Waals surface area contributed by atoms with Crippen LogP contribution in [0.15, 0.2) is 35.7 Å². The summed E-state index contributed by atoms with van der Waals surface area (Å²) >= 11 is 0. The van der Waals surface area contributed by atoms with E-state index >= 15 is 0 Å². The maximum atomic E-state index is 11.6. The van der Waals surface area contributed by atoms with Gasteiger partial charge in [-0.05, 0) is 11.6 Å². The van der Waals surface area contributed by atoms with Crippen LogP contribution in [0.25, 0.3) is 6.08 Å². The lowest BCUT2D eigenvalue weighted by atomic mass is 10.2. The maximum absolute atomic E-state index is 11.6. The summed E-state index contributed by atoms with van der Waals surface area (Å²) in [6.45, 7) is -1.07. The number of benzene rings is 1. The van der Waals surface area contributed by atoms with Crippen molar-refractivity contribution in [3.05, 3.63) is 41.3 Å². The van der Waals surface area contributed by atoms with Gasteiger partial charge in [-0.1, -0.05) is 30.3 Å². The molecule has 1 rings (SSSR count). The summed E-state index contributed by atoms with van der Waals surface area (Å²) in [4.78, 5) is 21.3. The SMILES string of the molecule is O=C(O)CNC(=O)CNS(=O)(=O)/C=C\c1ccccc1. The molecule has 0 spiro atoms. The first-order chi connectivity index (χ1) is 9.39. The number of rotatable bonds is 7. The van der Waals surface area contributed by atoms with Crippen LogP contribution in [0.4, 0.5) is 0 Å². The Kier molecular flexibility index (Phi) is 5.88. The molecule has 0 unspecified atom stereocenters. The summed E-state index contributed by atoms with van der Waals surface area (Å²) in [5, 5.41) is 11.3. The Labute approximate surface area is 116 Å². The number of carbonyl (C=O) groups excluding carboxylic acids is 1. The minimum atomic E-state index is -3.75. The van der Waals surface area contributed by atoms with Crippen LogP contribution in [0.3, 0.4) is 0 Å². The van der Waals surface area contributed by atoms with Crippen LogP contribution < -0.4 is 10.0 Å². The average Bonchev–Trinajstić information content (AvgIpc) is 2.42. The fraction of sp³-hybridized carbons (Fsp3) is 0.167. The van der Waals surface area contributed by atoms with Gasteiger partial charge in [-0.2, -0.15) is 0 Å². The van der Waals surface area contributed by atoms with Gasteiger partial charge in [-0.15, -0.1) is 0 Å². The zero-order valence-corrected chi connectivity index (χ0v) is 11.3. The first kappa shape index (κ1) is 15.9. The van der Waals surface area contributed by atoms with Crippen LogP contribution in [0.1, 0.15) is 5.56 Å². The monoisotopic (exact) mass is 298 g/mol. The molecule has 1 aromatic rings. The minimum absolute atomic E-state index is 0.519. The van der Waals surface area contributed by atoms with Gasteiger partial charge in [-0.3, -0.25) is 9.59 Å². The van der Waals surface area contributed by atoms with Crippen LogP contribution in [-0.2, 0) is 19.6 Å². The summed E-state index contributed by atoms with van der Waals surface area (Å²) in [6.07, 6.45) is 1.39. The van der Waals surface area contributed by atoms with Gasteiger partial charge in [-0.25, -0.2) is 13.1 Å². The first-order valence-corrected chi connectivity index (χ1v) is 7.15. The Morgan fingerprint density at radius 2 is 1.80 bits per heavy atom. The third-order valence-corrected chi connectivity index (χ3v) is 3.15. The molecule has 8 heteroatoms. The molecule has 0 bridgehead atoms. The average molecular weight is 298 g/mol. The third-order valence-electron chi connectivity index (χ3n) is 2.11. The Morgan fingerprint density at radius 3 is 2.40 bits per heavy atom. The number of carbonyl (C=O) groups is 2. The lowest BCUT2D eigenvalue weighted by Crippen LogP contribution is -2.38. The highest BCUT2D eigenvalue weighted by molar-refractivity contribution is 7.92. The lowest BCUT2D eigenvalue weighted by Gasteiger charge is -2.03. The van der Waals surface area contributed by atoms with Crippen molar-refractivity contribution in [1.29, 1.82) is 0 Å². The van der Waals surface area contributed by atoms with E-state index in [1.807, 2.05) is 10.0 Å². The molecule has 0 aliphatic rings. The van der Waals surface area contributed by atoms with Crippen LogP contribution in [0.2, 0.25) is 0 Å². The van der Waals surface area contributed by atoms with E-state index in [1.54, 1.807) is 30.3 Å². The predicted octanol–water partition coefficient (Wildman–Crippen LogP) is -0.222. The molecule has 0 fully saturated rings. The van der Waals surface area contributed by atoms with Crippen LogP contribution in [-0.4, -0.2) is 38.5 Å². The van der Waals surface area contributed by atoms with E-state index in [9.17, 15) is 18.0 Å². The number of carboxylic acid groups (broad SMARTS) is 1. The van der Waals surface area contributed by atoms with Gasteiger partial charge in [0.25, 0.3) is 0 Å². The summed E-state index contributed by atoms with van der Waals surface area (Å²) in [5.41, 5.74) is 0.702. The van der Waals surface area contributed by atoms with Crippen molar-refractivity contribution in [3.63, 3.8) is 0 Å². The molecule has 0 aliphatic heterocycles. The van der Waals surface area contributed by atoms with E-state index in [1.165, 1.54) is 6.08 Å². The Morgan fingerprint density at radius 1 is 1.15 bits per heavy atom. The first-order valence-electron chi connectivity index (χ1n) is 5.60. The Hall–Kier alpha value is -2.19. The molecular weight excluding hydrogens is 284 g/mol. The second-order valence-corrected chi connectivity index (χ2v) is 5.40. The zero-order chi connectivity index (χ0) is 15.0. The van der Waals surface area contributed by atoms with E-state index < -0.39 is 35.0 Å². The second kappa shape index (κ2) is 7.41. The maximum Gasteiger partial charge on any atom is 0.322 e. The number of hydrogen-bond donors (Lipinski definition) is 3. The summed E-state index contributed by atoms with van der Waals surface area (Å²) in [7, 11) is -3.75. The summed E-state index contributed by atoms with van der Waals surface area (Å²) in [6, 6.07) is 8.78. The predicted molar refractivity (Wildman–Crippen MR) is 73.0 cm³/mol. The van der Waals surface area contributed by atoms with Crippen molar-refractivity contribution < 1.29 is 23.1 Å². The van der Waals surface area contributed by atoms with Crippen LogP contribution in [0.5, 0.6) is 0 Å². The van der Waals surface area contributed by atoms with Gasteiger partial charge in [0.1, 0.15) is 6.54 Å². The molecule has 0 aromatic heterocycles. The van der Waals surface area contributed by atoms with Gasteiger partial charge in [0.2, 0.25) is 15.9 Å². The van der Waals surface area contributed by atoms with E-state index in [-0.39, 0.29) is 0 Å². The number of amides is 1. The zero-order valence-electron chi connectivity index (χ0n) is 10.4.